The van der Waals surface area contributed by atoms with Crippen molar-refractivity contribution in [2.24, 2.45) is 24.1 Å². The molecule has 4 rings (SSSR count). The van der Waals surface area contributed by atoms with Gasteiger partial charge in [-0.3, -0.25) is 9.15 Å². The summed E-state index contributed by atoms with van der Waals surface area (Å²) in [6.45, 7) is 0. The van der Waals surface area contributed by atoms with Crippen molar-refractivity contribution in [3.63, 3.8) is 0 Å². The van der Waals surface area contributed by atoms with Gasteiger partial charge in [-0.05, 0) is 0 Å². The molecule has 0 fully saturated rings. The lowest BCUT2D eigenvalue weighted by Gasteiger charge is -2.25. The largest absolute Gasteiger partial charge is 0.747 e. The summed E-state index contributed by atoms with van der Waals surface area (Å²) in [6.07, 6.45) is 12.4. The predicted octanol–water partition coefficient (Wildman–Crippen LogP) is -3.36. The summed E-state index contributed by atoms with van der Waals surface area (Å²) in [5, 5.41) is -1.12. The number of hydrogen-bond acceptors (Lipinski definition) is 8. The molecule has 2 atom stereocenters. The van der Waals surface area contributed by atoms with Crippen LogP contribution in [-0.2, 0) is 34.3 Å². The molecule has 0 aliphatic carbocycles. The van der Waals surface area contributed by atoms with Crippen LogP contribution in [0.1, 0.15) is 5.50 Å². The second kappa shape index (κ2) is 9.65. The second-order valence-corrected chi connectivity index (χ2v) is 10.7. The molecule has 0 spiro atoms. The molecule has 2 aromatic rings. The van der Waals surface area contributed by atoms with Gasteiger partial charge in [0.2, 0.25) is 0 Å². The number of hydrogen-bond donors (Lipinski definition) is 0. The Kier molecular flexibility index (Phi) is 7.25. The standard InChI is InChI=1S/2C9H13N4O3S/c1-12-5-10-3-7(12)9(17(14,15)16)8-4-11-6-13(8)2;1-10-5-3-7-12(10)9(17(14,15)16)13-8-4-6-11(13)2/h2*3-9H,1-2H3/q2*+1. The topological polar surface area (TPSA) is 163 Å². The Bertz CT molecular complexity index is 1310. The molecule has 0 aromatic carbocycles. The van der Waals surface area contributed by atoms with Crippen molar-refractivity contribution in [1.82, 2.24) is 9.36 Å². The third kappa shape index (κ3) is 5.35. The molecule has 184 valence electrons. The summed E-state index contributed by atoms with van der Waals surface area (Å²) in [7, 11) is -2.27. The van der Waals surface area contributed by atoms with Crippen LogP contribution in [-0.4, -0.2) is 101 Å². The predicted molar refractivity (Wildman–Crippen MR) is 118 cm³/mol. The smallest absolute Gasteiger partial charge is 0.302 e. The highest BCUT2D eigenvalue weighted by Crippen LogP contribution is 2.16. The van der Waals surface area contributed by atoms with Crippen LogP contribution in [0.25, 0.3) is 0 Å². The highest BCUT2D eigenvalue weighted by molar-refractivity contribution is 7.86. The van der Waals surface area contributed by atoms with E-state index in [2.05, 4.69) is 9.98 Å². The zero-order chi connectivity index (χ0) is 25.3. The summed E-state index contributed by atoms with van der Waals surface area (Å²) >= 11 is 0. The van der Waals surface area contributed by atoms with Gasteiger partial charge in [-0.2, -0.15) is 0 Å². The summed E-state index contributed by atoms with van der Waals surface area (Å²) in [5.41, 5.74) is -1.33. The molecule has 0 saturated heterocycles. The first-order chi connectivity index (χ1) is 15.8. The maximum Gasteiger partial charge on any atom is 0.302 e. The molecular formula is C18H26N8O6S2+2. The van der Waals surface area contributed by atoms with Crippen LogP contribution < -0.4 is 9.36 Å². The van der Waals surface area contributed by atoms with E-state index in [4.69, 9.17) is 0 Å². The number of nitrogens with zero attached hydrogens (tertiary/aromatic N) is 8. The van der Waals surface area contributed by atoms with E-state index in [1.165, 1.54) is 34.5 Å². The quantitative estimate of drug-likeness (QED) is 0.289. The van der Waals surface area contributed by atoms with Crippen LogP contribution in [0, 0.1) is 0 Å². The summed E-state index contributed by atoms with van der Waals surface area (Å²) < 4.78 is 77.5. The Morgan fingerprint density at radius 2 is 1.18 bits per heavy atom. The van der Waals surface area contributed by atoms with Crippen molar-refractivity contribution >= 4 is 45.3 Å². The average Bonchev–Trinajstić information content (AvgIpc) is 3.50. The van der Waals surface area contributed by atoms with Gasteiger partial charge in [-0.25, -0.2) is 16.8 Å². The van der Waals surface area contributed by atoms with Crippen LogP contribution in [0.15, 0.2) is 46.9 Å². The van der Waals surface area contributed by atoms with E-state index >= 15 is 0 Å². The first-order valence-corrected chi connectivity index (χ1v) is 12.9. The molecule has 2 aliphatic heterocycles. The van der Waals surface area contributed by atoms with Gasteiger partial charge < -0.3 is 9.11 Å². The van der Waals surface area contributed by atoms with E-state index in [9.17, 15) is 25.9 Å². The lowest BCUT2D eigenvalue weighted by molar-refractivity contribution is -0.780. The van der Waals surface area contributed by atoms with Gasteiger partial charge >= 0.3 is 5.50 Å². The number of rotatable bonds is 6. The number of aliphatic imine (C=N–C) groups is 2. The van der Waals surface area contributed by atoms with Gasteiger partial charge in [-0.15, -0.1) is 18.7 Å². The molecule has 34 heavy (non-hydrogen) atoms. The molecule has 0 saturated carbocycles. The molecule has 2 aliphatic rings. The SMILES string of the molecule is C[N+]1=CN=CC1C(C1C=NC=[N+]1C)S(=O)(=O)[O-].C[n+]1cccn1C(n1ccc[n+]1C)S(=O)(=O)[O-]. The highest BCUT2D eigenvalue weighted by atomic mass is 32.2. The zero-order valence-corrected chi connectivity index (χ0v) is 20.6. The second-order valence-electron chi connectivity index (χ2n) is 7.80. The Balaban J connectivity index is 0.000000191. The highest BCUT2D eigenvalue weighted by Gasteiger charge is 2.44. The Morgan fingerprint density at radius 3 is 1.41 bits per heavy atom. The van der Waals surface area contributed by atoms with Gasteiger partial charge in [0.25, 0.3) is 12.7 Å². The van der Waals surface area contributed by atoms with E-state index in [0.29, 0.717) is 0 Å². The first-order valence-electron chi connectivity index (χ1n) is 9.94. The van der Waals surface area contributed by atoms with Crippen LogP contribution in [0.4, 0.5) is 0 Å². The van der Waals surface area contributed by atoms with Gasteiger partial charge in [0, 0.05) is 12.1 Å². The van der Waals surface area contributed by atoms with Gasteiger partial charge in [0.1, 0.15) is 25.5 Å². The van der Waals surface area contributed by atoms with Crippen molar-refractivity contribution in [2.45, 2.75) is 22.8 Å². The van der Waals surface area contributed by atoms with Crippen molar-refractivity contribution in [2.75, 3.05) is 14.1 Å². The first kappa shape index (κ1) is 25.5. The fraction of sp³-hybridized carbons (Fsp3) is 0.444. The summed E-state index contributed by atoms with van der Waals surface area (Å²) in [5.74, 6) is 0. The lowest BCUT2D eigenvalue weighted by Crippen LogP contribution is -2.51. The van der Waals surface area contributed by atoms with Gasteiger partial charge in [-0.1, -0.05) is 9.98 Å². The molecule has 0 amide bonds. The molecule has 0 bridgehead atoms. The molecular weight excluding hydrogens is 488 g/mol. The normalized spacial score (nSPS) is 20.8. The van der Waals surface area contributed by atoms with Crippen LogP contribution >= 0.6 is 0 Å². The number of aryl methyl sites for hydroxylation is 2. The fourth-order valence-electron chi connectivity index (χ4n) is 3.72. The van der Waals surface area contributed by atoms with Gasteiger partial charge in [0.15, 0.2) is 51.0 Å². The molecule has 16 heteroatoms. The van der Waals surface area contributed by atoms with Crippen molar-refractivity contribution in [3.8, 4) is 0 Å². The Labute approximate surface area is 197 Å². The third-order valence-electron chi connectivity index (χ3n) is 5.44. The lowest BCUT2D eigenvalue weighted by atomic mass is 10.1. The minimum atomic E-state index is -4.52. The van der Waals surface area contributed by atoms with Crippen molar-refractivity contribution in [3.05, 3.63) is 36.9 Å². The van der Waals surface area contributed by atoms with Crippen LogP contribution in [0.2, 0.25) is 0 Å². The molecule has 0 N–H and O–H groups in total. The van der Waals surface area contributed by atoms with Crippen molar-refractivity contribution in [1.29, 1.82) is 0 Å². The van der Waals surface area contributed by atoms with E-state index in [1.807, 2.05) is 0 Å². The third-order valence-corrected chi connectivity index (χ3v) is 7.62. The molecule has 4 heterocycles. The molecule has 14 nitrogen and oxygen atoms in total. The maximum atomic E-state index is 11.4. The Hall–Kier alpha value is -3.08. The van der Waals surface area contributed by atoms with Gasteiger partial charge in [0.05, 0.1) is 26.5 Å². The zero-order valence-electron chi connectivity index (χ0n) is 18.9. The minimum absolute atomic E-state index is 0.553. The van der Waals surface area contributed by atoms with E-state index in [0.717, 1.165) is 0 Å². The van der Waals surface area contributed by atoms with E-state index in [1.54, 1.807) is 83.6 Å². The molecule has 0 radical (unpaired) electrons. The summed E-state index contributed by atoms with van der Waals surface area (Å²) in [6, 6.07) is 2.23. The fourth-order valence-corrected chi connectivity index (χ4v) is 5.89. The minimum Gasteiger partial charge on any atom is -0.747 e. The van der Waals surface area contributed by atoms with E-state index in [-0.39, 0.29) is 0 Å². The average molecular weight is 515 g/mol. The van der Waals surface area contributed by atoms with E-state index < -0.39 is 43.1 Å². The maximum absolute atomic E-state index is 11.4. The number of aromatic nitrogens is 4. The van der Waals surface area contributed by atoms with Crippen LogP contribution in [0.3, 0.4) is 0 Å². The molecule has 2 unspecified atom stereocenters. The molecule has 2 aromatic heterocycles. The van der Waals surface area contributed by atoms with Crippen LogP contribution in [0.5, 0.6) is 0 Å². The summed E-state index contributed by atoms with van der Waals surface area (Å²) in [4.78, 5) is 7.75. The van der Waals surface area contributed by atoms with Crippen molar-refractivity contribution < 1.29 is 44.5 Å². The monoisotopic (exact) mass is 514 g/mol. The Morgan fingerprint density at radius 1 is 0.765 bits per heavy atom.